The Labute approximate surface area is 149 Å². The van der Waals surface area contributed by atoms with Crippen molar-refractivity contribution in [3.63, 3.8) is 0 Å². The number of nitrogens with zero attached hydrogens (tertiary/aromatic N) is 2. The predicted molar refractivity (Wildman–Crippen MR) is 101 cm³/mol. The highest BCUT2D eigenvalue weighted by Crippen LogP contribution is 2.25. The standard InChI is InChI=1S/C20H18N4O2/c25-18(21-11-10-14-6-2-1-3-7-14)13-24-17-9-5-4-8-15(17)16-12-22-23-20(26)19(16)24/h1-9,12H,10-11,13H2,(H,21,25)(H,23,26). The number of fused-ring (bicyclic) bond motifs is 3. The van der Waals surface area contributed by atoms with Gasteiger partial charge in [-0.2, -0.15) is 5.10 Å². The zero-order valence-corrected chi connectivity index (χ0v) is 14.1. The summed E-state index contributed by atoms with van der Waals surface area (Å²) in [6.45, 7) is 0.643. The fraction of sp³-hybridized carbons (Fsp3) is 0.150. The summed E-state index contributed by atoms with van der Waals surface area (Å²) >= 11 is 0. The van der Waals surface area contributed by atoms with Crippen molar-refractivity contribution in [1.82, 2.24) is 20.1 Å². The summed E-state index contributed by atoms with van der Waals surface area (Å²) in [6, 6.07) is 17.6. The third kappa shape index (κ3) is 2.97. The van der Waals surface area contributed by atoms with Crippen molar-refractivity contribution in [2.75, 3.05) is 6.54 Å². The van der Waals surface area contributed by atoms with E-state index in [-0.39, 0.29) is 18.0 Å². The Morgan fingerprint density at radius 2 is 1.81 bits per heavy atom. The van der Waals surface area contributed by atoms with Crippen molar-refractivity contribution >= 4 is 27.7 Å². The number of hydrogen-bond donors (Lipinski definition) is 2. The van der Waals surface area contributed by atoms with E-state index < -0.39 is 0 Å². The fourth-order valence-corrected chi connectivity index (χ4v) is 3.27. The van der Waals surface area contributed by atoms with E-state index in [4.69, 9.17) is 0 Å². The lowest BCUT2D eigenvalue weighted by atomic mass is 10.1. The first kappa shape index (κ1) is 16.1. The maximum Gasteiger partial charge on any atom is 0.288 e. The lowest BCUT2D eigenvalue weighted by Gasteiger charge is -2.08. The molecule has 0 saturated carbocycles. The van der Waals surface area contributed by atoms with Crippen molar-refractivity contribution in [3.05, 3.63) is 76.7 Å². The molecule has 0 saturated heterocycles. The van der Waals surface area contributed by atoms with Gasteiger partial charge in [0.1, 0.15) is 12.1 Å². The van der Waals surface area contributed by atoms with Gasteiger partial charge in [0.25, 0.3) is 5.56 Å². The van der Waals surface area contributed by atoms with Gasteiger partial charge < -0.3 is 9.88 Å². The second-order valence-corrected chi connectivity index (χ2v) is 6.15. The highest BCUT2D eigenvalue weighted by Gasteiger charge is 2.15. The zero-order valence-electron chi connectivity index (χ0n) is 14.1. The largest absolute Gasteiger partial charge is 0.354 e. The SMILES string of the molecule is O=C(Cn1c2ccccc2c2cn[nH]c(=O)c21)NCCc1ccccc1. The number of rotatable bonds is 5. The maximum atomic E-state index is 12.4. The molecule has 6 heteroatoms. The molecule has 2 heterocycles. The number of aromatic amines is 1. The first-order valence-corrected chi connectivity index (χ1v) is 8.49. The number of para-hydroxylation sites is 1. The first-order valence-electron chi connectivity index (χ1n) is 8.49. The Morgan fingerprint density at radius 3 is 2.65 bits per heavy atom. The van der Waals surface area contributed by atoms with Gasteiger partial charge in [-0.05, 0) is 18.1 Å². The van der Waals surface area contributed by atoms with Crippen LogP contribution < -0.4 is 10.9 Å². The quantitative estimate of drug-likeness (QED) is 0.582. The van der Waals surface area contributed by atoms with Gasteiger partial charge in [0.15, 0.2) is 0 Å². The van der Waals surface area contributed by atoms with E-state index in [1.165, 1.54) is 5.56 Å². The van der Waals surface area contributed by atoms with Crippen LogP contribution in [-0.2, 0) is 17.8 Å². The monoisotopic (exact) mass is 346 g/mol. The molecule has 0 atom stereocenters. The van der Waals surface area contributed by atoms with Crippen molar-refractivity contribution in [1.29, 1.82) is 0 Å². The summed E-state index contributed by atoms with van der Waals surface area (Å²) in [5, 5.41) is 10.9. The molecule has 0 aliphatic carbocycles. The van der Waals surface area contributed by atoms with Crippen LogP contribution in [0.1, 0.15) is 5.56 Å². The van der Waals surface area contributed by atoms with Gasteiger partial charge in [-0.15, -0.1) is 0 Å². The molecule has 2 aromatic heterocycles. The maximum absolute atomic E-state index is 12.4. The van der Waals surface area contributed by atoms with E-state index in [1.54, 1.807) is 10.8 Å². The first-order chi connectivity index (χ1) is 12.7. The van der Waals surface area contributed by atoms with Gasteiger partial charge in [-0.1, -0.05) is 48.5 Å². The molecule has 0 aliphatic rings. The van der Waals surface area contributed by atoms with Crippen LogP contribution in [0.4, 0.5) is 0 Å². The molecule has 26 heavy (non-hydrogen) atoms. The Balaban J connectivity index is 1.58. The molecule has 2 aromatic carbocycles. The molecule has 0 bridgehead atoms. The van der Waals surface area contributed by atoms with Gasteiger partial charge in [0.2, 0.25) is 5.91 Å². The molecule has 0 unspecified atom stereocenters. The molecule has 4 aromatic rings. The van der Waals surface area contributed by atoms with Gasteiger partial charge in [-0.3, -0.25) is 9.59 Å². The zero-order chi connectivity index (χ0) is 17.9. The van der Waals surface area contributed by atoms with Crippen molar-refractivity contribution in [2.45, 2.75) is 13.0 Å². The summed E-state index contributed by atoms with van der Waals surface area (Å²) in [5.41, 5.74) is 2.20. The highest BCUT2D eigenvalue weighted by molar-refractivity contribution is 6.07. The number of nitrogens with one attached hydrogen (secondary N) is 2. The molecule has 1 amide bonds. The van der Waals surface area contributed by atoms with Gasteiger partial charge in [0.05, 0.1) is 6.20 Å². The summed E-state index contributed by atoms with van der Waals surface area (Å²) in [4.78, 5) is 24.7. The minimum absolute atomic E-state index is 0.0892. The number of aromatic nitrogens is 3. The van der Waals surface area contributed by atoms with Gasteiger partial charge in [0, 0.05) is 22.8 Å². The minimum atomic E-state index is -0.296. The molecule has 0 aliphatic heterocycles. The molecule has 130 valence electrons. The normalized spacial score (nSPS) is 11.1. The lowest BCUT2D eigenvalue weighted by molar-refractivity contribution is -0.121. The van der Waals surface area contributed by atoms with Crippen LogP contribution in [0.3, 0.4) is 0 Å². The van der Waals surface area contributed by atoms with Crippen LogP contribution in [0.5, 0.6) is 0 Å². The van der Waals surface area contributed by atoms with E-state index in [0.29, 0.717) is 12.1 Å². The average molecular weight is 346 g/mol. The van der Waals surface area contributed by atoms with Crippen LogP contribution in [-0.4, -0.2) is 27.2 Å². The molecule has 6 nitrogen and oxygen atoms in total. The van der Waals surface area contributed by atoms with Crippen LogP contribution in [0.15, 0.2) is 65.6 Å². The molecule has 0 fully saturated rings. The number of carbonyl (C=O) groups is 1. The second-order valence-electron chi connectivity index (χ2n) is 6.15. The number of carbonyl (C=O) groups excluding carboxylic acids is 1. The van der Waals surface area contributed by atoms with Gasteiger partial charge in [-0.25, -0.2) is 5.10 Å². The van der Waals surface area contributed by atoms with E-state index in [0.717, 1.165) is 22.7 Å². The van der Waals surface area contributed by atoms with E-state index in [2.05, 4.69) is 15.5 Å². The lowest BCUT2D eigenvalue weighted by Crippen LogP contribution is -2.30. The summed E-state index contributed by atoms with van der Waals surface area (Å²) in [6.07, 6.45) is 2.40. The Bertz CT molecular complexity index is 1130. The molecule has 4 rings (SSSR count). The topological polar surface area (TPSA) is 79.8 Å². The smallest absolute Gasteiger partial charge is 0.288 e. The molecule has 0 radical (unpaired) electrons. The number of amides is 1. The fourth-order valence-electron chi connectivity index (χ4n) is 3.27. The predicted octanol–water partition coefficient (Wildman–Crippen LogP) is 2.24. The molecule has 0 spiro atoms. The second kappa shape index (κ2) is 6.84. The van der Waals surface area contributed by atoms with Crippen LogP contribution in [0.2, 0.25) is 0 Å². The van der Waals surface area contributed by atoms with E-state index >= 15 is 0 Å². The minimum Gasteiger partial charge on any atom is -0.354 e. The summed E-state index contributed by atoms with van der Waals surface area (Å²) < 4.78 is 1.75. The summed E-state index contributed by atoms with van der Waals surface area (Å²) in [5.74, 6) is -0.125. The molecule has 2 N–H and O–H groups in total. The Hall–Kier alpha value is -3.41. The van der Waals surface area contributed by atoms with Crippen molar-refractivity contribution in [2.24, 2.45) is 0 Å². The molecular weight excluding hydrogens is 328 g/mol. The van der Waals surface area contributed by atoms with Crippen LogP contribution in [0, 0.1) is 0 Å². The van der Waals surface area contributed by atoms with E-state index in [9.17, 15) is 9.59 Å². The van der Waals surface area contributed by atoms with Crippen LogP contribution in [0.25, 0.3) is 21.8 Å². The Morgan fingerprint density at radius 1 is 1.04 bits per heavy atom. The van der Waals surface area contributed by atoms with Crippen molar-refractivity contribution in [3.8, 4) is 0 Å². The molecular formula is C20H18N4O2. The van der Waals surface area contributed by atoms with Crippen molar-refractivity contribution < 1.29 is 4.79 Å². The van der Waals surface area contributed by atoms with Crippen LogP contribution >= 0.6 is 0 Å². The number of hydrogen-bond acceptors (Lipinski definition) is 3. The van der Waals surface area contributed by atoms with Gasteiger partial charge >= 0.3 is 0 Å². The third-order valence-corrected chi connectivity index (χ3v) is 4.47. The summed E-state index contributed by atoms with van der Waals surface area (Å²) in [7, 11) is 0. The van der Waals surface area contributed by atoms with E-state index in [1.807, 2.05) is 54.6 Å². The number of H-pyrrole nitrogens is 1. The third-order valence-electron chi connectivity index (χ3n) is 4.47. The average Bonchev–Trinajstić information content (AvgIpc) is 2.98. The Kier molecular flexibility index (Phi) is 4.23. The highest BCUT2D eigenvalue weighted by atomic mass is 16.2. The number of benzene rings is 2.